The van der Waals surface area contributed by atoms with Crippen LogP contribution in [0.5, 0.6) is 5.75 Å². The fourth-order valence-electron chi connectivity index (χ4n) is 1.99. The lowest BCUT2D eigenvalue weighted by molar-refractivity contribution is -0.122. The van der Waals surface area contributed by atoms with Crippen LogP contribution >= 0.6 is 0 Å². The van der Waals surface area contributed by atoms with E-state index in [1.165, 1.54) is 0 Å². The van der Waals surface area contributed by atoms with E-state index in [4.69, 9.17) is 5.73 Å². The Hall–Kier alpha value is -2.40. The molecule has 0 saturated carbocycles. The Morgan fingerprint density at radius 3 is 2.67 bits per heavy atom. The van der Waals surface area contributed by atoms with Crippen LogP contribution < -0.4 is 11.1 Å². The lowest BCUT2D eigenvalue weighted by atomic mass is 10.1. The molecule has 0 aliphatic carbocycles. The number of hydrogen-bond acceptors (Lipinski definition) is 4. The zero-order valence-electron chi connectivity index (χ0n) is 11.7. The Kier molecular flexibility index (Phi) is 5.29. The molecule has 2 rings (SSSR count). The predicted molar refractivity (Wildman–Crippen MR) is 80.7 cm³/mol. The number of pyridine rings is 1. The highest BCUT2D eigenvalue weighted by Crippen LogP contribution is 2.10. The van der Waals surface area contributed by atoms with E-state index in [-0.39, 0.29) is 11.7 Å². The molecule has 1 heterocycles. The molecule has 4 N–H and O–H groups in total. The smallest absolute Gasteiger partial charge is 0.237 e. The van der Waals surface area contributed by atoms with Gasteiger partial charge in [-0.05, 0) is 42.2 Å². The fourth-order valence-corrected chi connectivity index (χ4v) is 1.99. The molecule has 1 atom stereocenters. The summed E-state index contributed by atoms with van der Waals surface area (Å²) in [5.74, 6) is 0.0280. The molecule has 1 aromatic carbocycles. The van der Waals surface area contributed by atoms with Gasteiger partial charge >= 0.3 is 0 Å². The Morgan fingerprint density at radius 2 is 2.00 bits per heavy atom. The summed E-state index contributed by atoms with van der Waals surface area (Å²) in [6, 6.07) is 9.94. The van der Waals surface area contributed by atoms with Gasteiger partial charge in [-0.25, -0.2) is 0 Å². The van der Waals surface area contributed by atoms with Crippen molar-refractivity contribution >= 4 is 5.91 Å². The van der Waals surface area contributed by atoms with Crippen molar-refractivity contribution in [2.45, 2.75) is 18.9 Å². The van der Waals surface area contributed by atoms with Crippen molar-refractivity contribution in [1.29, 1.82) is 0 Å². The van der Waals surface area contributed by atoms with Crippen molar-refractivity contribution in [3.63, 3.8) is 0 Å². The van der Waals surface area contributed by atoms with Crippen LogP contribution in [0.2, 0.25) is 0 Å². The van der Waals surface area contributed by atoms with Crippen molar-refractivity contribution in [2.24, 2.45) is 5.73 Å². The second-order valence-electron chi connectivity index (χ2n) is 4.88. The number of aromatic nitrogens is 1. The number of rotatable bonds is 6. The van der Waals surface area contributed by atoms with Crippen molar-refractivity contribution < 1.29 is 9.90 Å². The van der Waals surface area contributed by atoms with E-state index in [1.54, 1.807) is 36.7 Å². The van der Waals surface area contributed by atoms with Gasteiger partial charge in [-0.2, -0.15) is 0 Å². The average Bonchev–Trinajstić information content (AvgIpc) is 2.50. The van der Waals surface area contributed by atoms with Gasteiger partial charge in [0.15, 0.2) is 0 Å². The van der Waals surface area contributed by atoms with Crippen molar-refractivity contribution in [2.75, 3.05) is 6.54 Å². The maximum absolute atomic E-state index is 11.9. The average molecular weight is 285 g/mol. The van der Waals surface area contributed by atoms with Crippen molar-refractivity contribution in [3.8, 4) is 5.75 Å². The molecule has 0 aliphatic heterocycles. The first kappa shape index (κ1) is 15.0. The number of aromatic hydroxyl groups is 1. The molecular weight excluding hydrogens is 266 g/mol. The maximum Gasteiger partial charge on any atom is 0.237 e. The van der Waals surface area contributed by atoms with Gasteiger partial charge in [0.05, 0.1) is 6.04 Å². The molecule has 1 aromatic heterocycles. The summed E-state index contributed by atoms with van der Waals surface area (Å²) in [7, 11) is 0. The van der Waals surface area contributed by atoms with Crippen LogP contribution in [0.4, 0.5) is 0 Å². The molecule has 0 saturated heterocycles. The molecule has 0 unspecified atom stereocenters. The summed E-state index contributed by atoms with van der Waals surface area (Å²) in [5.41, 5.74) is 7.87. The number of nitrogens with two attached hydrogens (primary N) is 1. The minimum absolute atomic E-state index is 0.174. The highest BCUT2D eigenvalue weighted by Gasteiger charge is 2.13. The largest absolute Gasteiger partial charge is 0.508 e. The summed E-state index contributed by atoms with van der Waals surface area (Å²) in [6.45, 7) is 0.536. The third-order valence-electron chi connectivity index (χ3n) is 3.16. The highest BCUT2D eigenvalue weighted by atomic mass is 16.3. The molecule has 110 valence electrons. The number of hydrogen-bond donors (Lipinski definition) is 3. The molecule has 0 radical (unpaired) electrons. The number of phenolic OH excluding ortho intramolecular Hbond substituents is 1. The van der Waals surface area contributed by atoms with Crippen molar-refractivity contribution in [1.82, 2.24) is 10.3 Å². The second kappa shape index (κ2) is 7.40. The zero-order valence-corrected chi connectivity index (χ0v) is 11.7. The molecule has 0 spiro atoms. The lowest BCUT2D eigenvalue weighted by Crippen LogP contribution is -2.42. The van der Waals surface area contributed by atoms with E-state index in [0.717, 1.165) is 17.5 Å². The molecule has 0 fully saturated rings. The SMILES string of the molecule is N[C@@H](Cc1ccc(O)cc1)C(=O)NCCc1cccnc1. The number of phenols is 1. The zero-order chi connectivity index (χ0) is 15.1. The van der Waals surface area contributed by atoms with E-state index >= 15 is 0 Å². The lowest BCUT2D eigenvalue weighted by Gasteiger charge is -2.12. The van der Waals surface area contributed by atoms with E-state index in [2.05, 4.69) is 10.3 Å². The summed E-state index contributed by atoms with van der Waals surface area (Å²) >= 11 is 0. The van der Waals surface area contributed by atoms with Crippen LogP contribution in [0.3, 0.4) is 0 Å². The Labute approximate surface area is 123 Å². The Balaban J connectivity index is 1.76. The molecule has 21 heavy (non-hydrogen) atoms. The van der Waals surface area contributed by atoms with Gasteiger partial charge in [-0.3, -0.25) is 9.78 Å². The summed E-state index contributed by atoms with van der Waals surface area (Å²) < 4.78 is 0. The standard InChI is InChI=1S/C16H19N3O2/c17-15(10-12-3-5-14(20)6-4-12)16(21)19-9-7-13-2-1-8-18-11-13/h1-6,8,11,15,20H,7,9-10,17H2,(H,19,21)/t15-/m0/s1. The quantitative estimate of drug-likeness (QED) is 0.739. The first-order valence-corrected chi connectivity index (χ1v) is 6.85. The topological polar surface area (TPSA) is 88.2 Å². The Bertz CT molecular complexity index is 570. The third kappa shape index (κ3) is 4.89. The fraction of sp³-hybridized carbons (Fsp3) is 0.250. The number of nitrogens with zero attached hydrogens (tertiary/aromatic N) is 1. The van der Waals surface area contributed by atoms with E-state index in [9.17, 15) is 9.90 Å². The van der Waals surface area contributed by atoms with Crippen LogP contribution in [0.1, 0.15) is 11.1 Å². The molecule has 1 amide bonds. The van der Waals surface area contributed by atoms with E-state index < -0.39 is 6.04 Å². The van der Waals surface area contributed by atoms with Crippen LogP contribution in [0.25, 0.3) is 0 Å². The Morgan fingerprint density at radius 1 is 1.24 bits per heavy atom. The first-order chi connectivity index (χ1) is 10.1. The summed E-state index contributed by atoms with van der Waals surface area (Å²) in [6.07, 6.45) is 4.67. The summed E-state index contributed by atoms with van der Waals surface area (Å²) in [5, 5.41) is 12.0. The molecular formula is C16H19N3O2. The van der Waals surface area contributed by atoms with Crippen LogP contribution in [-0.4, -0.2) is 28.6 Å². The summed E-state index contributed by atoms with van der Waals surface area (Å²) in [4.78, 5) is 15.9. The second-order valence-corrected chi connectivity index (χ2v) is 4.88. The van der Waals surface area contributed by atoms with Gasteiger partial charge in [0.25, 0.3) is 0 Å². The number of amides is 1. The molecule has 0 aliphatic rings. The number of nitrogens with one attached hydrogen (secondary N) is 1. The van der Waals surface area contributed by atoms with Crippen molar-refractivity contribution in [3.05, 3.63) is 59.9 Å². The van der Waals surface area contributed by atoms with Gasteiger partial charge in [-0.15, -0.1) is 0 Å². The minimum atomic E-state index is -0.594. The highest BCUT2D eigenvalue weighted by molar-refractivity contribution is 5.81. The monoisotopic (exact) mass is 285 g/mol. The normalized spacial score (nSPS) is 11.9. The number of carbonyl (C=O) groups excluding carboxylic acids is 1. The molecule has 2 aromatic rings. The van der Waals surface area contributed by atoms with Gasteiger partial charge in [-0.1, -0.05) is 18.2 Å². The molecule has 5 heteroatoms. The number of carbonyl (C=O) groups is 1. The van der Waals surface area contributed by atoms with E-state index in [0.29, 0.717) is 13.0 Å². The predicted octanol–water partition coefficient (Wildman–Crippen LogP) is 1.02. The molecule has 0 bridgehead atoms. The maximum atomic E-state index is 11.9. The third-order valence-corrected chi connectivity index (χ3v) is 3.16. The van der Waals surface area contributed by atoms with Gasteiger partial charge < -0.3 is 16.2 Å². The van der Waals surface area contributed by atoms with Crippen LogP contribution in [0, 0.1) is 0 Å². The van der Waals surface area contributed by atoms with E-state index in [1.807, 2.05) is 12.1 Å². The first-order valence-electron chi connectivity index (χ1n) is 6.85. The van der Waals surface area contributed by atoms with Gasteiger partial charge in [0.2, 0.25) is 5.91 Å². The molecule has 5 nitrogen and oxygen atoms in total. The van der Waals surface area contributed by atoms with Gasteiger partial charge in [0, 0.05) is 18.9 Å². The number of benzene rings is 1. The van der Waals surface area contributed by atoms with Gasteiger partial charge in [0.1, 0.15) is 5.75 Å². The minimum Gasteiger partial charge on any atom is -0.508 e. The van der Waals surface area contributed by atoms with Crippen LogP contribution in [-0.2, 0) is 17.6 Å². The van der Waals surface area contributed by atoms with Crippen LogP contribution in [0.15, 0.2) is 48.8 Å².